The van der Waals surface area contributed by atoms with Crippen molar-refractivity contribution in [1.82, 2.24) is 9.62 Å². The van der Waals surface area contributed by atoms with E-state index in [0.717, 1.165) is 4.90 Å². The van der Waals surface area contributed by atoms with Crippen LogP contribution in [0.4, 0.5) is 5.69 Å². The normalized spacial score (nSPS) is 19.8. The summed E-state index contributed by atoms with van der Waals surface area (Å²) in [7, 11) is -3.57. The second-order valence-corrected chi connectivity index (χ2v) is 10.6. The molecule has 30 heavy (non-hydrogen) atoms. The smallest absolute Gasteiger partial charge is 0.253 e. The van der Waals surface area contributed by atoms with Gasteiger partial charge in [-0.15, -0.1) is 11.8 Å². The third-order valence-electron chi connectivity index (χ3n) is 5.31. The lowest BCUT2D eigenvalue weighted by Gasteiger charge is -2.32. The first-order valence-corrected chi connectivity index (χ1v) is 12.2. The van der Waals surface area contributed by atoms with Crippen LogP contribution < -0.4 is 10.0 Å². The molecule has 2 heterocycles. The van der Waals surface area contributed by atoms with Crippen LogP contribution in [0.2, 0.25) is 0 Å². The Bertz CT molecular complexity index is 1060. The summed E-state index contributed by atoms with van der Waals surface area (Å²) in [4.78, 5) is 27.7. The lowest BCUT2D eigenvalue weighted by Crippen LogP contribution is -2.46. The van der Waals surface area contributed by atoms with Crippen LogP contribution in [-0.2, 0) is 14.8 Å². The van der Waals surface area contributed by atoms with E-state index in [1.54, 1.807) is 47.4 Å². The van der Waals surface area contributed by atoms with Gasteiger partial charge in [-0.1, -0.05) is 18.2 Å². The molecule has 2 amide bonds. The Morgan fingerprint density at radius 1 is 1.13 bits per heavy atom. The number of nitrogens with one attached hydrogen (secondary N) is 2. The molecule has 2 N–H and O–H groups in total. The van der Waals surface area contributed by atoms with Crippen LogP contribution >= 0.6 is 11.8 Å². The van der Waals surface area contributed by atoms with Crippen LogP contribution in [0, 0.1) is 0 Å². The van der Waals surface area contributed by atoms with Crippen molar-refractivity contribution in [1.29, 1.82) is 0 Å². The number of benzene rings is 2. The molecule has 1 atom stereocenters. The zero-order valence-electron chi connectivity index (χ0n) is 16.5. The number of sulfonamides is 1. The highest BCUT2D eigenvalue weighted by Crippen LogP contribution is 2.36. The van der Waals surface area contributed by atoms with Gasteiger partial charge in [-0.05, 0) is 50.1 Å². The summed E-state index contributed by atoms with van der Waals surface area (Å²) in [6.45, 7) is 2.78. The fourth-order valence-electron chi connectivity index (χ4n) is 3.61. The van der Waals surface area contributed by atoms with E-state index < -0.39 is 10.0 Å². The molecule has 0 aliphatic carbocycles. The van der Waals surface area contributed by atoms with Crippen LogP contribution in [0.3, 0.4) is 0 Å². The van der Waals surface area contributed by atoms with Crippen molar-refractivity contribution in [2.24, 2.45) is 0 Å². The highest BCUT2D eigenvalue weighted by atomic mass is 32.2. The quantitative estimate of drug-likeness (QED) is 0.755. The number of rotatable bonds is 4. The number of piperidine rings is 1. The van der Waals surface area contributed by atoms with Crippen LogP contribution in [0.5, 0.6) is 0 Å². The van der Waals surface area contributed by atoms with E-state index in [9.17, 15) is 18.0 Å². The molecule has 0 saturated carbocycles. The van der Waals surface area contributed by atoms with Gasteiger partial charge in [-0.2, -0.15) is 0 Å². The minimum Gasteiger partial charge on any atom is -0.339 e. The molecule has 4 rings (SSSR count). The molecule has 2 aliphatic heterocycles. The summed E-state index contributed by atoms with van der Waals surface area (Å²) in [5.41, 5.74) is 1.19. The number of fused-ring (bicyclic) bond motifs is 1. The third-order valence-corrected chi connectivity index (χ3v) is 8.03. The molecule has 0 radical (unpaired) electrons. The predicted molar refractivity (Wildman–Crippen MR) is 116 cm³/mol. The topological polar surface area (TPSA) is 95.6 Å². The van der Waals surface area contributed by atoms with E-state index in [0.29, 0.717) is 37.2 Å². The van der Waals surface area contributed by atoms with E-state index >= 15 is 0 Å². The molecule has 2 aliphatic rings. The highest BCUT2D eigenvalue weighted by Gasteiger charge is 2.28. The molecule has 2 aromatic rings. The number of nitrogens with zero attached hydrogens (tertiary/aromatic N) is 1. The molecular weight excluding hydrogens is 422 g/mol. The third kappa shape index (κ3) is 4.38. The first-order valence-electron chi connectivity index (χ1n) is 9.82. The van der Waals surface area contributed by atoms with Crippen molar-refractivity contribution in [3.63, 3.8) is 0 Å². The number of carbonyl (C=O) groups is 2. The summed E-state index contributed by atoms with van der Waals surface area (Å²) in [6.07, 6.45) is 1.10. The number of carbonyl (C=O) groups excluding carboxylic acids is 2. The number of thioether (sulfide) groups is 1. The van der Waals surface area contributed by atoms with Gasteiger partial charge >= 0.3 is 0 Å². The summed E-state index contributed by atoms with van der Waals surface area (Å²) in [5, 5.41) is 2.69. The second kappa shape index (κ2) is 8.41. The first kappa shape index (κ1) is 20.9. The minimum atomic E-state index is -3.57. The van der Waals surface area contributed by atoms with Crippen molar-refractivity contribution in [3.05, 3.63) is 54.1 Å². The first-order chi connectivity index (χ1) is 14.3. The fourth-order valence-corrected chi connectivity index (χ4v) is 5.87. The number of hydrogen-bond donors (Lipinski definition) is 2. The van der Waals surface area contributed by atoms with Crippen molar-refractivity contribution in [2.75, 3.05) is 18.4 Å². The highest BCUT2D eigenvalue weighted by molar-refractivity contribution is 8.01. The summed E-state index contributed by atoms with van der Waals surface area (Å²) >= 11 is 1.48. The molecule has 0 bridgehead atoms. The van der Waals surface area contributed by atoms with E-state index in [1.807, 2.05) is 13.0 Å². The maximum atomic E-state index is 12.9. The molecule has 0 aromatic heterocycles. The molecule has 1 saturated heterocycles. The second-order valence-electron chi connectivity index (χ2n) is 7.46. The van der Waals surface area contributed by atoms with E-state index in [4.69, 9.17) is 0 Å². The maximum Gasteiger partial charge on any atom is 0.253 e. The van der Waals surface area contributed by atoms with Gasteiger partial charge in [0.25, 0.3) is 5.91 Å². The molecule has 1 fully saturated rings. The van der Waals surface area contributed by atoms with Crippen LogP contribution in [-0.4, -0.2) is 49.5 Å². The Labute approximate surface area is 180 Å². The fraction of sp³-hybridized carbons (Fsp3) is 0.333. The molecular formula is C21H23N3O4S2. The molecule has 1 unspecified atom stereocenters. The average Bonchev–Trinajstić information content (AvgIpc) is 2.75. The summed E-state index contributed by atoms with van der Waals surface area (Å²) < 4.78 is 27.7. The van der Waals surface area contributed by atoms with Crippen LogP contribution in [0.15, 0.2) is 58.3 Å². The molecule has 9 heteroatoms. The number of likely N-dealkylation sites (tertiary alicyclic amines) is 1. The van der Waals surface area contributed by atoms with Crippen molar-refractivity contribution < 1.29 is 18.0 Å². The lowest BCUT2D eigenvalue weighted by molar-refractivity contribution is -0.115. The summed E-state index contributed by atoms with van der Waals surface area (Å²) in [5.74, 6) is -0.177. The molecule has 158 valence electrons. The Morgan fingerprint density at radius 3 is 2.53 bits per heavy atom. The zero-order valence-corrected chi connectivity index (χ0v) is 18.1. The van der Waals surface area contributed by atoms with Gasteiger partial charge in [0.1, 0.15) is 0 Å². The van der Waals surface area contributed by atoms with Crippen LogP contribution in [0.1, 0.15) is 30.1 Å². The monoisotopic (exact) mass is 445 g/mol. The predicted octanol–water partition coefficient (Wildman–Crippen LogP) is 2.70. The average molecular weight is 446 g/mol. The Kier molecular flexibility index (Phi) is 5.86. The molecule has 7 nitrogen and oxygen atoms in total. The van der Waals surface area contributed by atoms with E-state index in [1.165, 1.54) is 11.8 Å². The van der Waals surface area contributed by atoms with Crippen molar-refractivity contribution in [2.45, 2.75) is 40.8 Å². The minimum absolute atomic E-state index is 0.0661. The van der Waals surface area contributed by atoms with Crippen molar-refractivity contribution in [3.8, 4) is 0 Å². The number of hydrogen-bond acceptors (Lipinski definition) is 5. The summed E-state index contributed by atoms with van der Waals surface area (Å²) in [6, 6.07) is 13.4. The van der Waals surface area contributed by atoms with Gasteiger partial charge in [-0.3, -0.25) is 9.59 Å². The van der Waals surface area contributed by atoms with Gasteiger partial charge in [-0.25, -0.2) is 13.1 Å². The van der Waals surface area contributed by atoms with Crippen LogP contribution in [0.25, 0.3) is 0 Å². The molecule has 0 spiro atoms. The van der Waals surface area contributed by atoms with Gasteiger partial charge in [0.15, 0.2) is 0 Å². The largest absolute Gasteiger partial charge is 0.339 e. The number of amides is 2. The zero-order chi connectivity index (χ0) is 21.3. The SMILES string of the molecule is CC1Sc2ccc(C(=O)N3CCC(NS(=O)(=O)c4ccccc4)CC3)cc2NC1=O. The Hall–Kier alpha value is -2.36. The Balaban J connectivity index is 1.38. The van der Waals surface area contributed by atoms with E-state index in [-0.39, 0.29) is 28.0 Å². The standard InChI is InChI=1S/C21H23N3O4S2/c1-14-20(25)22-18-13-15(7-8-19(18)29-14)21(26)24-11-9-16(10-12-24)23-30(27,28)17-5-3-2-4-6-17/h2-8,13-14,16,23H,9-12H2,1H3,(H,22,25). The van der Waals surface area contributed by atoms with E-state index in [2.05, 4.69) is 10.0 Å². The lowest BCUT2D eigenvalue weighted by atomic mass is 10.0. The maximum absolute atomic E-state index is 12.9. The van der Waals surface area contributed by atoms with Gasteiger partial charge in [0.2, 0.25) is 15.9 Å². The van der Waals surface area contributed by atoms with Crippen molar-refractivity contribution >= 4 is 39.3 Å². The number of anilines is 1. The molecule has 2 aromatic carbocycles. The Morgan fingerprint density at radius 2 is 1.83 bits per heavy atom. The van der Waals surface area contributed by atoms with Gasteiger partial charge < -0.3 is 10.2 Å². The van der Waals surface area contributed by atoms with Gasteiger partial charge in [0, 0.05) is 29.6 Å². The van der Waals surface area contributed by atoms with Gasteiger partial charge in [0.05, 0.1) is 15.8 Å².